The summed E-state index contributed by atoms with van der Waals surface area (Å²) in [6.07, 6.45) is 0.525. The number of carbonyl (C=O) groups excluding carboxylic acids is 3. The maximum atomic E-state index is 12.7. The van der Waals surface area contributed by atoms with Crippen molar-refractivity contribution in [2.75, 3.05) is 65.5 Å². The summed E-state index contributed by atoms with van der Waals surface area (Å²) in [5.74, 6) is -3.98. The van der Waals surface area contributed by atoms with E-state index in [4.69, 9.17) is 14.2 Å². The second-order valence-electron chi connectivity index (χ2n) is 12.1. The summed E-state index contributed by atoms with van der Waals surface area (Å²) >= 11 is 0. The first kappa shape index (κ1) is 37.5. The molecule has 0 bridgehead atoms. The van der Waals surface area contributed by atoms with Gasteiger partial charge in [-0.2, -0.15) is 0 Å². The summed E-state index contributed by atoms with van der Waals surface area (Å²) in [6, 6.07) is 9.51. The maximum Gasteiger partial charge on any atom is 0.320 e. The van der Waals surface area contributed by atoms with Crippen LogP contribution in [0, 0.1) is 0 Å². The fourth-order valence-electron chi connectivity index (χ4n) is 3.91. The van der Waals surface area contributed by atoms with Crippen molar-refractivity contribution in [1.82, 2.24) is 14.7 Å². The predicted molar refractivity (Wildman–Crippen MR) is 157 cm³/mol. The van der Waals surface area contributed by atoms with Gasteiger partial charge in [0.05, 0.1) is 39.3 Å². The largest absolute Gasteiger partial charge is 0.480 e. The Hall–Kier alpha value is -3.55. The molecule has 242 valence electrons. The molecule has 0 unspecified atom stereocenters. The zero-order chi connectivity index (χ0) is 32.6. The van der Waals surface area contributed by atoms with Crippen molar-refractivity contribution in [2.24, 2.45) is 0 Å². The standard InChI is InChI=1S/C30H47N3O10/c1-29(2,3)42-27(39)21-32(18-24(34)35)15-13-31(20-26(38)41-17-12-23-10-8-7-9-11-23)14-16-33(19-25(36)37)22-28(40)43-30(4,5)6/h7-11H,12-22H2,1-6H3,(H,34,35)(H,36,37). The van der Waals surface area contributed by atoms with Gasteiger partial charge in [-0.05, 0) is 47.1 Å². The van der Waals surface area contributed by atoms with Crippen LogP contribution in [-0.4, -0.2) is 131 Å². The average molecular weight is 610 g/mol. The summed E-state index contributed by atoms with van der Waals surface area (Å²) in [4.78, 5) is 64.9. The van der Waals surface area contributed by atoms with Crippen LogP contribution in [0.3, 0.4) is 0 Å². The first-order valence-electron chi connectivity index (χ1n) is 14.2. The fraction of sp³-hybridized carbons (Fsp3) is 0.633. The van der Waals surface area contributed by atoms with Crippen LogP contribution in [0.4, 0.5) is 0 Å². The molecule has 0 aliphatic heterocycles. The highest BCUT2D eigenvalue weighted by Gasteiger charge is 2.24. The number of nitrogens with zero attached hydrogens (tertiary/aromatic N) is 3. The lowest BCUT2D eigenvalue weighted by Crippen LogP contribution is -2.46. The van der Waals surface area contributed by atoms with Crippen molar-refractivity contribution < 1.29 is 48.4 Å². The number of carboxylic acids is 2. The number of aliphatic carboxylic acids is 2. The molecule has 0 heterocycles. The molecular formula is C30H47N3O10. The van der Waals surface area contributed by atoms with Gasteiger partial charge in [0.25, 0.3) is 0 Å². The van der Waals surface area contributed by atoms with Crippen LogP contribution in [0.2, 0.25) is 0 Å². The number of rotatable bonds is 19. The Labute approximate surface area is 253 Å². The van der Waals surface area contributed by atoms with E-state index >= 15 is 0 Å². The summed E-state index contributed by atoms with van der Waals surface area (Å²) in [5.41, 5.74) is -0.489. The van der Waals surface area contributed by atoms with Crippen LogP contribution in [0.25, 0.3) is 0 Å². The molecule has 0 aliphatic carbocycles. The van der Waals surface area contributed by atoms with Crippen LogP contribution in [0.15, 0.2) is 30.3 Å². The molecule has 0 aliphatic rings. The lowest BCUT2D eigenvalue weighted by atomic mass is 10.2. The molecule has 0 amide bonds. The van der Waals surface area contributed by atoms with Gasteiger partial charge in [-0.15, -0.1) is 0 Å². The van der Waals surface area contributed by atoms with Gasteiger partial charge in [-0.25, -0.2) is 0 Å². The van der Waals surface area contributed by atoms with Crippen molar-refractivity contribution >= 4 is 29.8 Å². The Bertz CT molecular complexity index is 997. The zero-order valence-electron chi connectivity index (χ0n) is 26.2. The Balaban J connectivity index is 2.95. The Morgan fingerprint density at radius 1 is 0.605 bits per heavy atom. The van der Waals surface area contributed by atoms with Gasteiger partial charge in [0, 0.05) is 32.6 Å². The lowest BCUT2D eigenvalue weighted by Gasteiger charge is -2.29. The first-order chi connectivity index (χ1) is 19.9. The van der Waals surface area contributed by atoms with E-state index in [1.165, 1.54) is 9.80 Å². The minimum atomic E-state index is -1.14. The van der Waals surface area contributed by atoms with E-state index in [0.29, 0.717) is 6.42 Å². The summed E-state index contributed by atoms with van der Waals surface area (Å²) in [6.45, 7) is 9.29. The molecule has 1 aromatic rings. The first-order valence-corrected chi connectivity index (χ1v) is 14.2. The number of ether oxygens (including phenoxy) is 3. The van der Waals surface area contributed by atoms with Crippen LogP contribution in [0.5, 0.6) is 0 Å². The summed E-state index contributed by atoms with van der Waals surface area (Å²) < 4.78 is 16.1. The number of carboxylic acid groups (broad SMARTS) is 2. The van der Waals surface area contributed by atoms with E-state index in [1.807, 2.05) is 30.3 Å². The quantitative estimate of drug-likeness (QED) is 0.172. The van der Waals surface area contributed by atoms with Crippen molar-refractivity contribution in [2.45, 2.75) is 59.2 Å². The highest BCUT2D eigenvalue weighted by atomic mass is 16.6. The molecule has 0 aromatic heterocycles. The Kier molecular flexibility index (Phi) is 15.9. The third-order valence-corrected chi connectivity index (χ3v) is 5.58. The lowest BCUT2D eigenvalue weighted by molar-refractivity contribution is -0.158. The fourth-order valence-corrected chi connectivity index (χ4v) is 3.91. The molecule has 2 N–H and O–H groups in total. The van der Waals surface area contributed by atoms with Gasteiger partial charge in [-0.3, -0.25) is 38.7 Å². The van der Waals surface area contributed by atoms with E-state index in [-0.39, 0.29) is 52.4 Å². The Morgan fingerprint density at radius 2 is 1.00 bits per heavy atom. The minimum Gasteiger partial charge on any atom is -0.480 e. The van der Waals surface area contributed by atoms with E-state index < -0.39 is 54.1 Å². The molecule has 13 heteroatoms. The molecule has 0 atom stereocenters. The van der Waals surface area contributed by atoms with Crippen molar-refractivity contribution in [1.29, 1.82) is 0 Å². The van der Waals surface area contributed by atoms with Crippen molar-refractivity contribution in [3.05, 3.63) is 35.9 Å². The second-order valence-corrected chi connectivity index (χ2v) is 12.1. The molecule has 1 aromatic carbocycles. The van der Waals surface area contributed by atoms with Crippen LogP contribution in [0.1, 0.15) is 47.1 Å². The number of carbonyl (C=O) groups is 5. The maximum absolute atomic E-state index is 12.7. The van der Waals surface area contributed by atoms with Crippen molar-refractivity contribution in [3.63, 3.8) is 0 Å². The van der Waals surface area contributed by atoms with Crippen LogP contribution >= 0.6 is 0 Å². The molecule has 1 rings (SSSR count). The molecule has 0 saturated heterocycles. The van der Waals surface area contributed by atoms with Gasteiger partial charge in [0.1, 0.15) is 11.2 Å². The van der Waals surface area contributed by atoms with E-state index in [9.17, 15) is 34.2 Å². The number of hydrogen-bond donors (Lipinski definition) is 2. The third kappa shape index (κ3) is 20.1. The number of benzene rings is 1. The monoisotopic (exact) mass is 609 g/mol. The molecule has 0 radical (unpaired) electrons. The summed E-state index contributed by atoms with van der Waals surface area (Å²) in [7, 11) is 0. The van der Waals surface area contributed by atoms with E-state index in [0.717, 1.165) is 5.56 Å². The summed E-state index contributed by atoms with van der Waals surface area (Å²) in [5, 5.41) is 18.7. The normalized spacial score (nSPS) is 11.9. The Morgan fingerprint density at radius 3 is 1.40 bits per heavy atom. The molecule has 13 nitrogen and oxygen atoms in total. The van der Waals surface area contributed by atoms with Gasteiger partial charge >= 0.3 is 29.8 Å². The van der Waals surface area contributed by atoms with Crippen LogP contribution in [-0.2, 0) is 44.6 Å². The van der Waals surface area contributed by atoms with Crippen molar-refractivity contribution in [3.8, 4) is 0 Å². The molecule has 0 fully saturated rings. The van der Waals surface area contributed by atoms with Crippen LogP contribution < -0.4 is 0 Å². The predicted octanol–water partition coefficient (Wildman–Crippen LogP) is 1.53. The van der Waals surface area contributed by atoms with Gasteiger partial charge in [0.15, 0.2) is 0 Å². The van der Waals surface area contributed by atoms with Gasteiger partial charge in [0.2, 0.25) is 0 Å². The van der Waals surface area contributed by atoms with Gasteiger partial charge < -0.3 is 24.4 Å². The topological polar surface area (TPSA) is 163 Å². The number of esters is 3. The van der Waals surface area contributed by atoms with E-state index in [1.54, 1.807) is 46.4 Å². The molecule has 43 heavy (non-hydrogen) atoms. The highest BCUT2D eigenvalue weighted by Crippen LogP contribution is 2.09. The SMILES string of the molecule is CC(C)(C)OC(=O)CN(CCN(CCN(CC(=O)O)CC(=O)OC(C)(C)C)CC(=O)OCCc1ccccc1)CC(=O)O. The molecule has 0 saturated carbocycles. The third-order valence-electron chi connectivity index (χ3n) is 5.58. The van der Waals surface area contributed by atoms with E-state index in [2.05, 4.69) is 0 Å². The second kappa shape index (κ2) is 18.2. The highest BCUT2D eigenvalue weighted by molar-refractivity contribution is 5.75. The molecular weight excluding hydrogens is 562 g/mol. The average Bonchev–Trinajstić information content (AvgIpc) is 2.83. The smallest absolute Gasteiger partial charge is 0.320 e. The number of hydrogen-bond acceptors (Lipinski definition) is 11. The zero-order valence-corrected chi connectivity index (χ0v) is 26.2. The van der Waals surface area contributed by atoms with Gasteiger partial charge in [-0.1, -0.05) is 30.3 Å². The molecule has 0 spiro atoms. The minimum absolute atomic E-state index is 0.0911.